The number of alkyl carbamates (subject to hydrolysis) is 1. The summed E-state index contributed by atoms with van der Waals surface area (Å²) in [6, 6.07) is 25.9. The number of phenolic OH excluding ortho intramolecular Hbond substituents is 2. The Balaban J connectivity index is 0.000000194. The molecule has 11 heteroatoms. The third-order valence-corrected chi connectivity index (χ3v) is 8.42. The smallest absolute Gasteiger partial charge is 0.407 e. The van der Waals surface area contributed by atoms with Gasteiger partial charge in [-0.1, -0.05) is 48.0 Å². The van der Waals surface area contributed by atoms with Crippen LogP contribution >= 0.6 is 11.6 Å². The molecule has 1 atom stereocenters. The number of nitrogens with zero attached hydrogens (tertiary/aromatic N) is 5. The Labute approximate surface area is 295 Å². The third kappa shape index (κ3) is 7.87. The van der Waals surface area contributed by atoms with E-state index in [4.69, 9.17) is 26.3 Å². The molecule has 1 fully saturated rings. The monoisotopic (exact) mass is 690 g/mol. The highest BCUT2D eigenvalue weighted by atomic mass is 35.5. The first kappa shape index (κ1) is 34.4. The van der Waals surface area contributed by atoms with Gasteiger partial charge in [0.25, 0.3) is 0 Å². The minimum Gasteiger partial charge on any atom is -0.507 e. The lowest BCUT2D eigenvalue weighted by atomic mass is 10.1. The quantitative estimate of drug-likeness (QED) is 0.156. The number of aromatic nitrogens is 4. The van der Waals surface area contributed by atoms with Gasteiger partial charge in [-0.25, -0.2) is 24.7 Å². The molecule has 0 radical (unpaired) electrons. The number of hydrogen-bond acceptors (Lipinski definition) is 9. The molecule has 0 bridgehead atoms. The summed E-state index contributed by atoms with van der Waals surface area (Å²) in [5, 5.41) is 25.3. The first-order valence-electron chi connectivity index (χ1n) is 16.4. The number of rotatable bonds is 4. The van der Waals surface area contributed by atoms with Gasteiger partial charge in [-0.2, -0.15) is 0 Å². The number of ether oxygens (including phenoxy) is 1. The van der Waals surface area contributed by atoms with Crippen LogP contribution in [0.3, 0.4) is 0 Å². The van der Waals surface area contributed by atoms with Gasteiger partial charge in [-0.05, 0) is 101 Å². The first-order chi connectivity index (χ1) is 23.8. The second-order valence-electron chi connectivity index (χ2n) is 13.4. The fourth-order valence-corrected chi connectivity index (χ4v) is 6.02. The zero-order chi connectivity index (χ0) is 35.6. The predicted octanol–water partition coefficient (Wildman–Crippen LogP) is 8.38. The van der Waals surface area contributed by atoms with Gasteiger partial charge in [0.15, 0.2) is 11.6 Å². The number of carbonyl (C=O) groups excluding carboxylic acids is 1. The lowest BCUT2D eigenvalue weighted by molar-refractivity contribution is 0.0509. The minimum absolute atomic E-state index is 0.0288. The highest BCUT2D eigenvalue weighted by molar-refractivity contribution is 6.34. The summed E-state index contributed by atoms with van der Waals surface area (Å²) in [7, 11) is 0. The van der Waals surface area contributed by atoms with Crippen LogP contribution in [0.5, 0.6) is 11.5 Å². The molecule has 10 nitrogen and oxygen atoms in total. The molecular weight excluding hydrogens is 652 g/mol. The molecule has 2 aromatic heterocycles. The van der Waals surface area contributed by atoms with Crippen molar-refractivity contribution >= 4 is 45.3 Å². The standard InChI is InChI=1S/C24H28N4O3.C15H11ClN2O/c1-15-9-10-17-19(13-15)26-21(18-7-5-6-8-20(18)29)27-22(17)28-12-11-16(14-28)25-23(30)31-24(2,3)4;1-9-6-7-10-12(8-9)17-15(18-14(10)16)11-4-2-3-5-13(11)19/h5-10,13,16,29H,11-12,14H2,1-4H3,(H,25,30);2-8,19H,1H3/t16-;/m1./s1. The van der Waals surface area contributed by atoms with Gasteiger partial charge in [0.1, 0.15) is 28.1 Å². The van der Waals surface area contributed by atoms with Gasteiger partial charge in [-0.3, -0.25) is 0 Å². The maximum atomic E-state index is 12.2. The Kier molecular flexibility index (Phi) is 9.74. The molecular formula is C39H39ClN6O4. The predicted molar refractivity (Wildman–Crippen MR) is 198 cm³/mol. The van der Waals surface area contributed by atoms with Crippen molar-refractivity contribution in [2.45, 2.75) is 52.7 Å². The summed E-state index contributed by atoms with van der Waals surface area (Å²) in [5.74, 6) is 2.00. The molecule has 256 valence electrons. The van der Waals surface area contributed by atoms with Gasteiger partial charge in [-0.15, -0.1) is 0 Å². The number of fused-ring (bicyclic) bond motifs is 2. The van der Waals surface area contributed by atoms with Gasteiger partial charge < -0.3 is 25.2 Å². The number of hydrogen-bond donors (Lipinski definition) is 3. The van der Waals surface area contributed by atoms with E-state index in [1.165, 1.54) is 0 Å². The number of anilines is 1. The Bertz CT molecular complexity index is 2200. The SMILES string of the molecule is Cc1ccc2c(Cl)nc(-c3ccccc3O)nc2c1.Cc1ccc2c(N3CC[C@@H](NC(=O)OC(C)(C)C)C3)nc(-c3ccccc3O)nc2c1. The molecule has 0 spiro atoms. The van der Waals surface area contributed by atoms with E-state index >= 15 is 0 Å². The average molecular weight is 691 g/mol. The van der Waals surface area contributed by atoms with Gasteiger partial charge in [0.2, 0.25) is 0 Å². The van der Waals surface area contributed by atoms with Crippen LogP contribution in [0.1, 0.15) is 38.3 Å². The molecule has 7 rings (SSSR count). The van der Waals surface area contributed by atoms with Crippen molar-refractivity contribution in [1.29, 1.82) is 0 Å². The third-order valence-electron chi connectivity index (χ3n) is 8.14. The molecule has 1 amide bonds. The van der Waals surface area contributed by atoms with Crippen LogP contribution in [0, 0.1) is 13.8 Å². The van der Waals surface area contributed by atoms with E-state index in [1.807, 2.05) is 89.2 Å². The maximum Gasteiger partial charge on any atom is 0.407 e. The van der Waals surface area contributed by atoms with E-state index < -0.39 is 11.7 Å². The number of carbonyl (C=O) groups is 1. The van der Waals surface area contributed by atoms with E-state index in [0.29, 0.717) is 34.5 Å². The van der Waals surface area contributed by atoms with Crippen molar-refractivity contribution in [2.24, 2.45) is 0 Å². The van der Waals surface area contributed by atoms with E-state index in [1.54, 1.807) is 30.3 Å². The fourth-order valence-electron chi connectivity index (χ4n) is 5.78. The van der Waals surface area contributed by atoms with E-state index in [-0.39, 0.29) is 17.5 Å². The normalized spacial score (nSPS) is 14.4. The van der Waals surface area contributed by atoms with E-state index in [0.717, 1.165) is 51.7 Å². The Morgan fingerprint density at radius 3 is 1.92 bits per heavy atom. The molecule has 3 heterocycles. The Hall–Kier alpha value is -5.48. The topological polar surface area (TPSA) is 134 Å². The zero-order valence-electron chi connectivity index (χ0n) is 28.6. The van der Waals surface area contributed by atoms with Gasteiger partial charge >= 0.3 is 6.09 Å². The molecule has 3 N–H and O–H groups in total. The minimum atomic E-state index is -0.532. The van der Waals surface area contributed by atoms with Crippen molar-refractivity contribution in [3.05, 3.63) is 101 Å². The molecule has 0 saturated carbocycles. The van der Waals surface area contributed by atoms with Gasteiger partial charge in [0, 0.05) is 23.9 Å². The highest BCUT2D eigenvalue weighted by Crippen LogP contribution is 2.34. The first-order valence-corrected chi connectivity index (χ1v) is 16.8. The number of aromatic hydroxyl groups is 2. The number of benzene rings is 4. The Morgan fingerprint density at radius 1 is 0.800 bits per heavy atom. The molecule has 50 heavy (non-hydrogen) atoms. The number of halogens is 1. The van der Waals surface area contributed by atoms with Crippen LogP contribution < -0.4 is 10.2 Å². The lowest BCUT2D eigenvalue weighted by Gasteiger charge is -2.23. The van der Waals surface area contributed by atoms with Crippen molar-refractivity contribution in [1.82, 2.24) is 25.3 Å². The van der Waals surface area contributed by atoms with Crippen LogP contribution in [0.2, 0.25) is 5.15 Å². The summed E-state index contributed by atoms with van der Waals surface area (Å²) in [5.41, 5.74) is 4.44. The van der Waals surface area contributed by atoms with Crippen LogP contribution in [-0.4, -0.2) is 61.0 Å². The second-order valence-corrected chi connectivity index (χ2v) is 13.7. The van der Waals surface area contributed by atoms with Crippen LogP contribution in [0.4, 0.5) is 10.6 Å². The van der Waals surface area contributed by atoms with Crippen molar-refractivity contribution in [3.8, 4) is 34.3 Å². The number of para-hydroxylation sites is 2. The molecule has 0 unspecified atom stereocenters. The molecule has 0 aliphatic carbocycles. The summed E-state index contributed by atoms with van der Waals surface area (Å²) in [6.45, 7) is 10.9. The summed E-state index contributed by atoms with van der Waals surface area (Å²) >= 11 is 6.18. The van der Waals surface area contributed by atoms with Crippen molar-refractivity contribution in [3.63, 3.8) is 0 Å². The molecule has 6 aromatic rings. The maximum absolute atomic E-state index is 12.2. The van der Waals surface area contributed by atoms with Gasteiger partial charge in [0.05, 0.1) is 28.2 Å². The number of nitrogens with one attached hydrogen (secondary N) is 1. The number of phenols is 2. The number of aryl methyl sites for hydroxylation is 2. The number of amides is 1. The van der Waals surface area contributed by atoms with Crippen LogP contribution in [0.15, 0.2) is 84.9 Å². The summed E-state index contributed by atoms with van der Waals surface area (Å²) in [6.07, 6.45) is 0.389. The Morgan fingerprint density at radius 2 is 1.34 bits per heavy atom. The average Bonchev–Trinajstić information content (AvgIpc) is 3.51. The molecule has 1 aliphatic heterocycles. The summed E-state index contributed by atoms with van der Waals surface area (Å²) in [4.78, 5) is 32.6. The lowest BCUT2D eigenvalue weighted by Crippen LogP contribution is -2.40. The highest BCUT2D eigenvalue weighted by Gasteiger charge is 2.28. The summed E-state index contributed by atoms with van der Waals surface area (Å²) < 4.78 is 5.39. The van der Waals surface area contributed by atoms with Crippen LogP contribution in [0.25, 0.3) is 44.6 Å². The molecule has 4 aromatic carbocycles. The molecule has 1 aliphatic rings. The second kappa shape index (κ2) is 14.2. The molecule has 1 saturated heterocycles. The zero-order valence-corrected chi connectivity index (χ0v) is 29.4. The van der Waals surface area contributed by atoms with Crippen molar-refractivity contribution in [2.75, 3.05) is 18.0 Å². The van der Waals surface area contributed by atoms with E-state index in [9.17, 15) is 15.0 Å². The largest absolute Gasteiger partial charge is 0.507 e. The fraction of sp³-hybridized carbons (Fsp3) is 0.256. The van der Waals surface area contributed by atoms with Crippen LogP contribution in [-0.2, 0) is 4.74 Å². The van der Waals surface area contributed by atoms with E-state index in [2.05, 4.69) is 20.2 Å². The van der Waals surface area contributed by atoms with Crippen molar-refractivity contribution < 1.29 is 19.7 Å².